The topological polar surface area (TPSA) is 174 Å². The quantitative estimate of drug-likeness (QED) is 0.155. The van der Waals surface area contributed by atoms with E-state index in [1.54, 1.807) is 41.5 Å². The summed E-state index contributed by atoms with van der Waals surface area (Å²) in [5.74, 6) is -3.92. The molecule has 0 spiro atoms. The maximum Gasteiger partial charge on any atom is 0.326 e. The molecule has 0 aromatic heterocycles. The van der Waals surface area contributed by atoms with Crippen molar-refractivity contribution >= 4 is 35.5 Å². The Hall–Kier alpha value is -3.44. The summed E-state index contributed by atoms with van der Waals surface area (Å²) in [5, 5.41) is 20.0. The molecule has 1 heterocycles. The van der Waals surface area contributed by atoms with Crippen LogP contribution in [0.3, 0.4) is 0 Å². The van der Waals surface area contributed by atoms with Crippen molar-refractivity contribution in [3.63, 3.8) is 0 Å². The fourth-order valence-corrected chi connectivity index (χ4v) is 5.08. The van der Waals surface area contributed by atoms with Gasteiger partial charge in [-0.25, -0.2) is 9.59 Å². The van der Waals surface area contributed by atoms with E-state index in [1.165, 1.54) is 11.0 Å². The van der Waals surface area contributed by atoms with Crippen LogP contribution in [0.5, 0.6) is 0 Å². The molecule has 5 N–H and O–H groups in total. The summed E-state index contributed by atoms with van der Waals surface area (Å²) in [6.45, 7) is 22.2. The van der Waals surface area contributed by atoms with Crippen molar-refractivity contribution in [2.24, 2.45) is 22.2 Å². The van der Waals surface area contributed by atoms with Gasteiger partial charge in [-0.2, -0.15) is 0 Å². The number of rotatable bonds is 13. The predicted molar refractivity (Wildman–Crippen MR) is 169 cm³/mol. The number of likely N-dealkylation sites (tertiary alicyclic amines) is 1. The first-order valence-electron chi connectivity index (χ1n) is 15.4. The third kappa shape index (κ3) is 10.9. The average Bonchev–Trinajstić information content (AvgIpc) is 3.35. The lowest BCUT2D eigenvalue weighted by Gasteiger charge is -2.36. The van der Waals surface area contributed by atoms with E-state index in [9.17, 15) is 33.9 Å². The molecule has 5 amide bonds. The van der Waals surface area contributed by atoms with Gasteiger partial charge in [0.15, 0.2) is 0 Å². The molecule has 12 nitrogen and oxygen atoms in total. The van der Waals surface area contributed by atoms with E-state index >= 15 is 0 Å². The van der Waals surface area contributed by atoms with Crippen LogP contribution in [0, 0.1) is 22.2 Å². The Morgan fingerprint density at radius 1 is 0.909 bits per heavy atom. The Kier molecular flexibility index (Phi) is 13.6. The Labute approximate surface area is 262 Å². The lowest BCUT2D eigenvalue weighted by atomic mass is 9.79. The van der Waals surface area contributed by atoms with Crippen LogP contribution in [0.4, 0.5) is 4.79 Å². The number of Topliss-reactive ketones (excluding diaryl/α,β-unsaturated/α-hetero) is 1. The molecular weight excluding hydrogens is 566 g/mol. The van der Waals surface area contributed by atoms with Gasteiger partial charge < -0.3 is 31.3 Å². The van der Waals surface area contributed by atoms with Crippen molar-refractivity contribution in [3.05, 3.63) is 12.7 Å². The minimum absolute atomic E-state index is 0.0744. The molecule has 1 fully saturated rings. The Balaban J connectivity index is 3.38. The van der Waals surface area contributed by atoms with Gasteiger partial charge in [-0.05, 0) is 35.0 Å². The number of hydrogen-bond acceptors (Lipinski definition) is 6. The molecule has 0 saturated carbocycles. The van der Waals surface area contributed by atoms with Crippen LogP contribution in [0.15, 0.2) is 12.7 Å². The monoisotopic (exact) mass is 621 g/mol. The van der Waals surface area contributed by atoms with Gasteiger partial charge in [0.05, 0.1) is 6.04 Å². The molecule has 1 saturated heterocycles. The zero-order chi connectivity index (χ0) is 34.2. The normalized spacial score (nSPS) is 19.3. The number of carbonyl (C=O) groups excluding carboxylic acids is 5. The van der Waals surface area contributed by atoms with Gasteiger partial charge in [-0.15, -0.1) is 6.58 Å². The SMILES string of the molecule is C=CCNC(=O)C(=O)C(CCCC)NC(=O)[C@@H]1C[C@@H](C(C)(C)C)CN1C(=O)[C@@H](NC(=O)N[C@H](C(=O)O)C(C)(C)C)C(C)(C)C. The molecule has 1 unspecified atom stereocenters. The number of ketones is 1. The zero-order valence-electron chi connectivity index (χ0n) is 28.3. The molecule has 5 atom stereocenters. The van der Waals surface area contributed by atoms with E-state index < -0.39 is 70.5 Å². The predicted octanol–water partition coefficient (Wildman–Crippen LogP) is 3.01. The van der Waals surface area contributed by atoms with Crippen LogP contribution in [0.2, 0.25) is 0 Å². The summed E-state index contributed by atoms with van der Waals surface area (Å²) < 4.78 is 0. The number of amides is 5. The highest BCUT2D eigenvalue weighted by Crippen LogP contribution is 2.38. The molecule has 250 valence electrons. The van der Waals surface area contributed by atoms with Gasteiger partial charge in [-0.3, -0.25) is 19.2 Å². The Morgan fingerprint density at radius 3 is 1.91 bits per heavy atom. The van der Waals surface area contributed by atoms with Gasteiger partial charge in [0.2, 0.25) is 17.6 Å². The molecule has 1 aliphatic rings. The van der Waals surface area contributed by atoms with Crippen molar-refractivity contribution in [1.29, 1.82) is 0 Å². The smallest absolute Gasteiger partial charge is 0.326 e. The van der Waals surface area contributed by atoms with Crippen LogP contribution >= 0.6 is 0 Å². The van der Waals surface area contributed by atoms with Crippen LogP contribution in [-0.2, 0) is 24.0 Å². The van der Waals surface area contributed by atoms with E-state index in [2.05, 4.69) is 27.8 Å². The van der Waals surface area contributed by atoms with Crippen molar-refractivity contribution < 1.29 is 33.9 Å². The Morgan fingerprint density at radius 2 is 1.45 bits per heavy atom. The van der Waals surface area contributed by atoms with Crippen LogP contribution in [-0.4, -0.2) is 82.8 Å². The molecule has 0 aromatic carbocycles. The van der Waals surface area contributed by atoms with Gasteiger partial charge in [0.25, 0.3) is 5.91 Å². The van der Waals surface area contributed by atoms with E-state index in [-0.39, 0.29) is 30.8 Å². The van der Waals surface area contributed by atoms with E-state index in [1.807, 2.05) is 27.7 Å². The first-order chi connectivity index (χ1) is 20.1. The molecule has 44 heavy (non-hydrogen) atoms. The zero-order valence-corrected chi connectivity index (χ0v) is 28.3. The van der Waals surface area contributed by atoms with Crippen LogP contribution in [0.1, 0.15) is 94.9 Å². The molecular formula is C32H55N5O7. The third-order valence-electron chi connectivity index (χ3n) is 8.00. The molecule has 1 rings (SSSR count). The highest BCUT2D eigenvalue weighted by molar-refractivity contribution is 6.38. The fraction of sp³-hybridized carbons (Fsp3) is 0.750. The first kappa shape index (κ1) is 38.6. The van der Waals surface area contributed by atoms with E-state index in [4.69, 9.17) is 0 Å². The third-order valence-corrected chi connectivity index (χ3v) is 8.00. The molecule has 1 aliphatic heterocycles. The highest BCUT2D eigenvalue weighted by atomic mass is 16.4. The van der Waals surface area contributed by atoms with Gasteiger partial charge >= 0.3 is 12.0 Å². The van der Waals surface area contributed by atoms with Crippen molar-refractivity contribution in [3.8, 4) is 0 Å². The van der Waals surface area contributed by atoms with Gasteiger partial charge in [0.1, 0.15) is 18.1 Å². The first-order valence-corrected chi connectivity index (χ1v) is 15.4. The number of nitrogens with one attached hydrogen (secondary N) is 4. The summed E-state index contributed by atoms with van der Waals surface area (Å²) in [6.07, 6.45) is 3.38. The van der Waals surface area contributed by atoms with Gasteiger partial charge in [0, 0.05) is 13.1 Å². The summed E-state index contributed by atoms with van der Waals surface area (Å²) >= 11 is 0. The number of aliphatic carboxylic acids is 1. The molecule has 0 aliphatic carbocycles. The fourth-order valence-electron chi connectivity index (χ4n) is 5.08. The lowest BCUT2D eigenvalue weighted by molar-refractivity contribution is -0.144. The van der Waals surface area contributed by atoms with Crippen LogP contribution in [0.25, 0.3) is 0 Å². The average molecular weight is 622 g/mol. The number of carboxylic acids is 1. The molecule has 12 heteroatoms. The summed E-state index contributed by atoms with van der Waals surface area (Å²) in [5.41, 5.74) is -1.87. The molecule has 0 bridgehead atoms. The minimum atomic E-state index is -1.21. The standard InChI is InChI=1S/C32H55N5O7/c1-12-14-15-20(22(38)26(40)33-16-13-2)34-25(39)21-17-19(30(3,4)5)18-37(21)27(41)23(31(6,7)8)35-29(44)36-24(28(42)43)32(9,10)11/h13,19-21,23-24H,2,12,14-18H2,1,3-11H3,(H,33,40)(H,34,39)(H,42,43)(H2,35,36,44)/t19-,20?,21+,23-,24-/m1/s1. The minimum Gasteiger partial charge on any atom is -0.480 e. The number of urea groups is 1. The maximum absolute atomic E-state index is 14.2. The van der Waals surface area contributed by atoms with E-state index in [0.29, 0.717) is 12.8 Å². The lowest BCUT2D eigenvalue weighted by Crippen LogP contribution is -2.61. The Bertz CT molecular complexity index is 1080. The number of unbranched alkanes of at least 4 members (excludes halogenated alkanes) is 1. The summed E-state index contributed by atoms with van der Waals surface area (Å²) in [4.78, 5) is 79.8. The number of nitrogens with zero attached hydrogens (tertiary/aromatic N) is 1. The van der Waals surface area contributed by atoms with E-state index in [0.717, 1.165) is 6.42 Å². The number of carbonyl (C=O) groups is 6. The van der Waals surface area contributed by atoms with Crippen LogP contribution < -0.4 is 21.3 Å². The second-order valence-electron chi connectivity index (χ2n) is 14.9. The maximum atomic E-state index is 14.2. The number of hydrogen-bond donors (Lipinski definition) is 5. The second kappa shape index (κ2) is 15.5. The summed E-state index contributed by atoms with van der Waals surface area (Å²) in [7, 11) is 0. The largest absolute Gasteiger partial charge is 0.480 e. The highest BCUT2D eigenvalue weighted by Gasteiger charge is 2.48. The van der Waals surface area contributed by atoms with Gasteiger partial charge in [-0.1, -0.05) is 88.2 Å². The van der Waals surface area contributed by atoms with Crippen molar-refractivity contribution in [2.75, 3.05) is 13.1 Å². The van der Waals surface area contributed by atoms with Crippen molar-refractivity contribution in [2.45, 2.75) is 119 Å². The number of carboxylic acid groups (broad SMARTS) is 1. The second-order valence-corrected chi connectivity index (χ2v) is 14.9. The summed E-state index contributed by atoms with van der Waals surface area (Å²) in [6, 6.07) is -5.14. The molecule has 0 aromatic rings. The van der Waals surface area contributed by atoms with Crippen molar-refractivity contribution in [1.82, 2.24) is 26.2 Å². The molecule has 0 radical (unpaired) electrons.